The third-order valence-electron chi connectivity index (χ3n) is 11.1. The van der Waals surface area contributed by atoms with Crippen LogP contribution in [-0.4, -0.2) is 83.8 Å². The van der Waals surface area contributed by atoms with Crippen LogP contribution in [0.3, 0.4) is 0 Å². The van der Waals surface area contributed by atoms with Gasteiger partial charge in [-0.3, -0.25) is 34.6 Å². The zero-order valence-corrected chi connectivity index (χ0v) is 43.3. The quantitative estimate of drug-likeness (QED) is 0.0214. The SMILES string of the molecule is C(=NC1CCCCC1)=NC1CCCCC1.CC(=O)CCc1ccc(O)cc1.CCOC(C)=O.O=C(CCc1ccc(O)cc1)Oc1ccc([N+](=O)[O-])cc1.O=C(O)CCc1ccc(O)cc1.O=[N+]([O-])c1ccc(O)cc1. The van der Waals surface area contributed by atoms with Gasteiger partial charge in [-0.05, 0) is 136 Å². The van der Waals surface area contributed by atoms with Crippen LogP contribution < -0.4 is 4.74 Å². The lowest BCUT2D eigenvalue weighted by atomic mass is 9.96. The first-order chi connectivity index (χ1) is 36.3. The second kappa shape index (κ2) is 37.3. The highest BCUT2D eigenvalue weighted by Gasteiger charge is 2.13. The smallest absolute Gasteiger partial charge is 0.311 e. The number of ether oxygens (including phenoxy) is 2. The van der Waals surface area contributed by atoms with Crippen molar-refractivity contribution in [2.45, 2.75) is 136 Å². The van der Waals surface area contributed by atoms with Crippen LogP contribution in [0.25, 0.3) is 0 Å². The molecule has 2 fully saturated rings. The number of carboxylic acids is 1. The summed E-state index contributed by atoms with van der Waals surface area (Å²) in [7, 11) is 0. The van der Waals surface area contributed by atoms with Gasteiger partial charge in [-0.2, -0.15) is 0 Å². The van der Waals surface area contributed by atoms with Crippen molar-refractivity contribution in [3.63, 3.8) is 0 Å². The summed E-state index contributed by atoms with van der Waals surface area (Å²) in [5.74, 6) is -0.287. The minimum absolute atomic E-state index is 0.0159. The van der Waals surface area contributed by atoms with Gasteiger partial charge in [-0.15, -0.1) is 0 Å². The van der Waals surface area contributed by atoms with E-state index in [4.69, 9.17) is 30.3 Å². The molecule has 0 atom stereocenters. The van der Waals surface area contributed by atoms with Gasteiger partial charge in [0.15, 0.2) is 0 Å². The van der Waals surface area contributed by atoms with Gasteiger partial charge in [-0.25, -0.2) is 9.98 Å². The van der Waals surface area contributed by atoms with Crippen LogP contribution in [0.15, 0.2) is 131 Å². The number of aromatic hydroxyl groups is 4. The van der Waals surface area contributed by atoms with Crippen LogP contribution in [0.5, 0.6) is 28.7 Å². The molecule has 19 heteroatoms. The summed E-state index contributed by atoms with van der Waals surface area (Å²) in [6.45, 7) is 5.24. The summed E-state index contributed by atoms with van der Waals surface area (Å²) >= 11 is 0. The molecule has 0 bridgehead atoms. The van der Waals surface area contributed by atoms with Crippen molar-refractivity contribution in [3.05, 3.63) is 158 Å². The number of carboxylic acid groups (broad SMARTS) is 1. The number of phenolic OH excluding ortho intramolecular Hbond substituents is 4. The highest BCUT2D eigenvalue weighted by atomic mass is 16.6. The van der Waals surface area contributed by atoms with E-state index in [2.05, 4.69) is 20.7 Å². The fourth-order valence-electron chi connectivity index (χ4n) is 7.02. The molecule has 408 valence electrons. The summed E-state index contributed by atoms with van der Waals surface area (Å²) in [6, 6.07) is 34.5. The molecule has 0 radical (unpaired) electrons. The topological polar surface area (TPSA) is 299 Å². The molecule has 2 aliphatic rings. The molecule has 0 heterocycles. The Hall–Kier alpha value is -8.44. The minimum Gasteiger partial charge on any atom is -0.508 e. The standard InChI is InChI=1S/C15H13NO5.C13H22N2.C10H12O2.C9H10O3.C6H5NO3.C4H8O2/c17-13-6-1-11(2-7-13)3-10-15(18)21-14-8-4-12(5-9-14)16(19)20;1-3-7-12(8-4-1)14-11-15-13-9-5-2-6-10-13;1-8(11)2-3-9-4-6-10(12)7-5-9;10-8-4-1-7(2-5-8)3-6-9(11)12;8-6-3-1-5(2-4-6)7(9)10;1-3-6-4(2)5/h1-2,4-9,17H,3,10H2;12-13H,1-10H2;4-7,12H,2-3H2,1H3;1-2,4-5,10H,3,6H2,(H,11,12);1-4,8H;3H2,1-2H3. The fraction of sp³-hybridized carbons (Fsp3) is 0.386. The van der Waals surface area contributed by atoms with Gasteiger partial charge in [-0.1, -0.05) is 74.9 Å². The first-order valence-corrected chi connectivity index (χ1v) is 25.0. The van der Waals surface area contributed by atoms with E-state index in [1.165, 1.54) is 120 Å². The summed E-state index contributed by atoms with van der Waals surface area (Å²) in [6.07, 6.45) is 15.9. The number of aliphatic imine (C=N–C) groups is 2. The molecule has 0 spiro atoms. The van der Waals surface area contributed by atoms with Crippen LogP contribution in [0.1, 0.15) is 121 Å². The van der Waals surface area contributed by atoms with Gasteiger partial charge in [0, 0.05) is 50.5 Å². The molecular weight excluding hydrogens is 981 g/mol. The molecule has 5 aromatic carbocycles. The van der Waals surface area contributed by atoms with E-state index in [0.717, 1.165) is 23.1 Å². The summed E-state index contributed by atoms with van der Waals surface area (Å²) in [5, 5.41) is 64.7. The van der Waals surface area contributed by atoms with Crippen molar-refractivity contribution in [1.29, 1.82) is 0 Å². The largest absolute Gasteiger partial charge is 0.508 e. The summed E-state index contributed by atoms with van der Waals surface area (Å²) in [5.41, 5.74) is 2.85. The number of hydrogen-bond acceptors (Lipinski definition) is 16. The molecule has 0 unspecified atom stereocenters. The number of non-ortho nitro benzene ring substituents is 2. The van der Waals surface area contributed by atoms with Gasteiger partial charge < -0.3 is 39.8 Å². The van der Waals surface area contributed by atoms with Gasteiger partial charge in [0.05, 0.1) is 34.5 Å². The number of esters is 2. The number of Topliss-reactive ketones (excluding diaryl/α,β-unsaturated/α-hetero) is 1. The third-order valence-corrected chi connectivity index (χ3v) is 11.1. The summed E-state index contributed by atoms with van der Waals surface area (Å²) < 4.78 is 9.49. The van der Waals surface area contributed by atoms with Crippen LogP contribution in [-0.2, 0) is 43.2 Å². The van der Waals surface area contributed by atoms with Crippen molar-refractivity contribution in [2.75, 3.05) is 6.61 Å². The van der Waals surface area contributed by atoms with Crippen LogP contribution in [0, 0.1) is 20.2 Å². The molecule has 0 saturated heterocycles. The van der Waals surface area contributed by atoms with E-state index < -0.39 is 21.8 Å². The Morgan fingerprint density at radius 2 is 0.882 bits per heavy atom. The number of benzene rings is 5. The van der Waals surface area contributed by atoms with E-state index >= 15 is 0 Å². The molecule has 7 rings (SSSR count). The predicted molar refractivity (Wildman–Crippen MR) is 287 cm³/mol. The number of aliphatic carboxylic acids is 1. The van der Waals surface area contributed by atoms with E-state index in [9.17, 15) is 39.4 Å². The second-order valence-corrected chi connectivity index (χ2v) is 17.5. The first kappa shape index (κ1) is 63.7. The Kier molecular flexibility index (Phi) is 31.3. The van der Waals surface area contributed by atoms with Crippen molar-refractivity contribution >= 4 is 41.1 Å². The second-order valence-electron chi connectivity index (χ2n) is 17.5. The Morgan fingerprint density at radius 3 is 1.20 bits per heavy atom. The maximum absolute atomic E-state index is 11.7. The molecule has 5 N–H and O–H groups in total. The average Bonchev–Trinajstić information content (AvgIpc) is 3.40. The predicted octanol–water partition coefficient (Wildman–Crippen LogP) is 11.9. The zero-order valence-electron chi connectivity index (χ0n) is 43.3. The first-order valence-electron chi connectivity index (χ1n) is 25.0. The minimum atomic E-state index is -0.803. The number of carbonyl (C=O) groups is 4. The van der Waals surface area contributed by atoms with Gasteiger partial charge in [0.1, 0.15) is 34.5 Å². The number of hydrogen-bond donors (Lipinski definition) is 5. The van der Waals surface area contributed by atoms with Crippen molar-refractivity contribution < 1.29 is 64.0 Å². The highest BCUT2D eigenvalue weighted by Crippen LogP contribution is 2.22. The number of nitrogens with zero attached hydrogens (tertiary/aromatic N) is 4. The molecule has 5 aromatic rings. The van der Waals surface area contributed by atoms with E-state index in [-0.39, 0.29) is 64.7 Å². The number of aryl methyl sites for hydroxylation is 3. The van der Waals surface area contributed by atoms with Gasteiger partial charge in [0.2, 0.25) is 0 Å². The lowest BCUT2D eigenvalue weighted by molar-refractivity contribution is -0.385. The molecule has 76 heavy (non-hydrogen) atoms. The van der Waals surface area contributed by atoms with Crippen molar-refractivity contribution in [1.82, 2.24) is 0 Å². The zero-order chi connectivity index (χ0) is 56.1. The number of phenols is 4. The van der Waals surface area contributed by atoms with Crippen LogP contribution in [0.4, 0.5) is 11.4 Å². The van der Waals surface area contributed by atoms with Gasteiger partial charge in [0.25, 0.3) is 11.4 Å². The molecule has 0 amide bonds. The average molecular weight is 1050 g/mol. The van der Waals surface area contributed by atoms with Crippen molar-refractivity contribution in [3.8, 4) is 28.7 Å². The molecule has 0 aromatic heterocycles. The number of nitro groups is 2. The monoisotopic (exact) mass is 1050 g/mol. The Labute approximate surface area is 442 Å². The molecule has 19 nitrogen and oxygen atoms in total. The number of ketones is 1. The Morgan fingerprint density at radius 1 is 0.539 bits per heavy atom. The maximum Gasteiger partial charge on any atom is 0.311 e. The fourth-order valence-corrected chi connectivity index (χ4v) is 7.02. The number of carbonyl (C=O) groups excluding carboxylic acids is 3. The Balaban J connectivity index is 0.000000323. The lowest BCUT2D eigenvalue weighted by Gasteiger charge is -2.17. The van der Waals surface area contributed by atoms with E-state index in [1.54, 1.807) is 74.5 Å². The number of rotatable bonds is 15. The number of nitro benzene ring substituents is 2. The molecule has 0 aliphatic heterocycles. The third kappa shape index (κ3) is 31.2. The Bertz CT molecular complexity index is 2470. The highest BCUT2D eigenvalue weighted by molar-refractivity contribution is 5.75. The molecular formula is C57H70N4O15. The van der Waals surface area contributed by atoms with Crippen LogP contribution in [0.2, 0.25) is 0 Å². The van der Waals surface area contributed by atoms with Gasteiger partial charge >= 0.3 is 17.9 Å². The van der Waals surface area contributed by atoms with Crippen LogP contribution >= 0.6 is 0 Å². The summed E-state index contributed by atoms with van der Waals surface area (Å²) in [4.78, 5) is 70.7. The van der Waals surface area contributed by atoms with Crippen molar-refractivity contribution in [2.24, 2.45) is 9.98 Å². The molecule has 2 aliphatic carbocycles. The lowest BCUT2D eigenvalue weighted by Crippen LogP contribution is -2.10. The molecule has 2 saturated carbocycles. The normalized spacial score (nSPS) is 12.5. The van der Waals surface area contributed by atoms with E-state index in [0.29, 0.717) is 38.0 Å². The maximum atomic E-state index is 11.7. The van der Waals surface area contributed by atoms with E-state index in [1.807, 2.05) is 12.1 Å².